The number of nitrogens with zero attached hydrogens (tertiary/aromatic N) is 1. The van der Waals surface area contributed by atoms with Crippen molar-refractivity contribution in [3.05, 3.63) is 64.8 Å². The highest BCUT2D eigenvalue weighted by Gasteiger charge is 2.10. The second-order valence-corrected chi connectivity index (χ2v) is 6.51. The molecule has 2 aromatic carbocycles. The predicted molar refractivity (Wildman–Crippen MR) is 97.5 cm³/mol. The monoisotopic (exact) mass is 356 g/mol. The molecule has 3 rings (SSSR count). The molecule has 0 fully saturated rings. The first-order chi connectivity index (χ1) is 12.0. The third-order valence-corrected chi connectivity index (χ3v) is 4.35. The number of benzene rings is 2. The molecule has 0 saturated carbocycles. The van der Waals surface area contributed by atoms with Crippen molar-refractivity contribution >= 4 is 22.4 Å². The maximum Gasteiger partial charge on any atom is 0.264 e. The minimum absolute atomic E-state index is 0.0875. The van der Waals surface area contributed by atoms with Crippen LogP contribution < -0.4 is 10.1 Å². The predicted octanol–water partition coefficient (Wildman–Crippen LogP) is 4.58. The lowest BCUT2D eigenvalue weighted by atomic mass is 10.1. The fourth-order valence-corrected chi connectivity index (χ4v) is 2.98. The van der Waals surface area contributed by atoms with Gasteiger partial charge in [0.15, 0.2) is 11.7 Å². The second kappa shape index (κ2) is 7.44. The largest absolute Gasteiger partial charge is 0.483 e. The average molecular weight is 356 g/mol. The van der Waals surface area contributed by atoms with Crippen molar-refractivity contribution in [2.45, 2.75) is 13.8 Å². The topological polar surface area (TPSA) is 51.2 Å². The molecule has 3 aromatic rings. The van der Waals surface area contributed by atoms with Gasteiger partial charge in [-0.3, -0.25) is 10.1 Å². The van der Waals surface area contributed by atoms with Crippen molar-refractivity contribution in [1.29, 1.82) is 0 Å². The number of aryl methyl sites for hydroxylation is 2. The molecule has 128 valence electrons. The number of amides is 1. The summed E-state index contributed by atoms with van der Waals surface area (Å²) >= 11 is 1.31. The van der Waals surface area contributed by atoms with Gasteiger partial charge < -0.3 is 4.74 Å². The van der Waals surface area contributed by atoms with Crippen LogP contribution in [-0.2, 0) is 4.79 Å². The molecule has 1 amide bonds. The van der Waals surface area contributed by atoms with Gasteiger partial charge in [-0.1, -0.05) is 12.1 Å². The summed E-state index contributed by atoms with van der Waals surface area (Å²) in [5.41, 5.74) is 3.54. The molecule has 25 heavy (non-hydrogen) atoms. The normalized spacial score (nSPS) is 10.5. The molecule has 1 aromatic heterocycles. The van der Waals surface area contributed by atoms with E-state index in [9.17, 15) is 9.18 Å². The van der Waals surface area contributed by atoms with Crippen LogP contribution in [0.4, 0.5) is 9.52 Å². The number of anilines is 1. The average Bonchev–Trinajstić information content (AvgIpc) is 3.05. The Kier molecular flexibility index (Phi) is 5.09. The van der Waals surface area contributed by atoms with Crippen LogP contribution in [0.3, 0.4) is 0 Å². The lowest BCUT2D eigenvalue weighted by Crippen LogP contribution is -2.20. The Balaban J connectivity index is 1.60. The molecule has 0 aliphatic rings. The number of halogens is 1. The van der Waals surface area contributed by atoms with Gasteiger partial charge in [0.25, 0.3) is 5.91 Å². The highest BCUT2D eigenvalue weighted by Crippen LogP contribution is 2.25. The number of hydrogen-bond acceptors (Lipinski definition) is 4. The summed E-state index contributed by atoms with van der Waals surface area (Å²) in [6.07, 6.45) is 0. The van der Waals surface area contributed by atoms with Crippen LogP contribution >= 0.6 is 11.3 Å². The van der Waals surface area contributed by atoms with Crippen LogP contribution in [0.1, 0.15) is 11.1 Å². The summed E-state index contributed by atoms with van der Waals surface area (Å²) in [6, 6.07) is 11.9. The molecular formula is C19H17FN2O2S. The number of carbonyl (C=O) groups excluding carboxylic acids is 1. The number of thiazole rings is 1. The number of carbonyl (C=O) groups is 1. The zero-order valence-corrected chi connectivity index (χ0v) is 14.7. The summed E-state index contributed by atoms with van der Waals surface area (Å²) in [5.74, 6) is 0.123. The van der Waals surface area contributed by atoms with Gasteiger partial charge in [0, 0.05) is 10.9 Å². The summed E-state index contributed by atoms with van der Waals surface area (Å²) in [6.45, 7) is 3.82. The number of nitrogens with one attached hydrogen (secondary N) is 1. The molecule has 0 bridgehead atoms. The first-order valence-electron chi connectivity index (χ1n) is 7.72. The fourth-order valence-electron chi connectivity index (χ4n) is 2.25. The minimum atomic E-state index is -0.295. The molecule has 1 N–H and O–H groups in total. The van der Waals surface area contributed by atoms with Crippen molar-refractivity contribution < 1.29 is 13.9 Å². The van der Waals surface area contributed by atoms with Gasteiger partial charge in [-0.2, -0.15) is 0 Å². The summed E-state index contributed by atoms with van der Waals surface area (Å²) < 4.78 is 18.5. The number of ether oxygens (including phenoxy) is 1. The Bertz CT molecular complexity index is 891. The Labute approximate surface area is 149 Å². The molecular weight excluding hydrogens is 339 g/mol. The van der Waals surface area contributed by atoms with E-state index in [1.54, 1.807) is 12.1 Å². The molecule has 0 radical (unpaired) electrons. The minimum Gasteiger partial charge on any atom is -0.483 e. The zero-order valence-electron chi connectivity index (χ0n) is 13.9. The van der Waals surface area contributed by atoms with Gasteiger partial charge in [-0.15, -0.1) is 11.3 Å². The van der Waals surface area contributed by atoms with Gasteiger partial charge in [0.05, 0.1) is 5.69 Å². The number of hydrogen-bond donors (Lipinski definition) is 1. The summed E-state index contributed by atoms with van der Waals surface area (Å²) in [7, 11) is 0. The SMILES string of the molecule is Cc1ccc(C)c(OCC(=O)Nc2nc(-c3ccc(F)cc3)cs2)c1. The molecule has 0 aliphatic carbocycles. The molecule has 0 aliphatic heterocycles. The van der Waals surface area contributed by atoms with E-state index in [1.807, 2.05) is 37.4 Å². The molecule has 0 unspecified atom stereocenters. The van der Waals surface area contributed by atoms with Crippen molar-refractivity contribution in [3.8, 4) is 17.0 Å². The zero-order chi connectivity index (χ0) is 17.8. The summed E-state index contributed by atoms with van der Waals surface area (Å²) in [5, 5.41) is 5.01. The third-order valence-electron chi connectivity index (χ3n) is 3.59. The van der Waals surface area contributed by atoms with Crippen molar-refractivity contribution in [2.24, 2.45) is 0 Å². The Hall–Kier alpha value is -2.73. The van der Waals surface area contributed by atoms with E-state index in [0.717, 1.165) is 16.7 Å². The summed E-state index contributed by atoms with van der Waals surface area (Å²) in [4.78, 5) is 16.4. The van der Waals surface area contributed by atoms with E-state index in [-0.39, 0.29) is 18.3 Å². The number of rotatable bonds is 5. The Morgan fingerprint density at radius 3 is 2.72 bits per heavy atom. The highest BCUT2D eigenvalue weighted by atomic mass is 32.1. The van der Waals surface area contributed by atoms with Crippen LogP contribution in [0.5, 0.6) is 5.75 Å². The van der Waals surface area contributed by atoms with E-state index in [4.69, 9.17) is 4.74 Å². The van der Waals surface area contributed by atoms with Crippen LogP contribution in [0.15, 0.2) is 47.8 Å². The highest BCUT2D eigenvalue weighted by molar-refractivity contribution is 7.14. The van der Waals surface area contributed by atoms with E-state index in [0.29, 0.717) is 16.6 Å². The van der Waals surface area contributed by atoms with Crippen molar-refractivity contribution in [2.75, 3.05) is 11.9 Å². The number of aromatic nitrogens is 1. The maximum atomic E-state index is 13.0. The van der Waals surface area contributed by atoms with Crippen LogP contribution in [0, 0.1) is 19.7 Å². The third kappa shape index (κ3) is 4.42. The Morgan fingerprint density at radius 2 is 1.96 bits per heavy atom. The quantitative estimate of drug-likeness (QED) is 0.728. The molecule has 4 nitrogen and oxygen atoms in total. The van der Waals surface area contributed by atoms with Crippen molar-refractivity contribution in [3.63, 3.8) is 0 Å². The molecule has 1 heterocycles. The lowest BCUT2D eigenvalue weighted by molar-refractivity contribution is -0.118. The standard InChI is InChI=1S/C19H17FN2O2S/c1-12-3-4-13(2)17(9-12)24-10-18(23)22-19-21-16(11-25-19)14-5-7-15(20)8-6-14/h3-9,11H,10H2,1-2H3,(H,21,22,23). The lowest BCUT2D eigenvalue weighted by Gasteiger charge is -2.09. The second-order valence-electron chi connectivity index (χ2n) is 5.65. The molecule has 0 atom stereocenters. The van der Waals surface area contributed by atoms with Crippen LogP contribution in [0.25, 0.3) is 11.3 Å². The smallest absolute Gasteiger partial charge is 0.264 e. The van der Waals surface area contributed by atoms with E-state index < -0.39 is 0 Å². The van der Waals surface area contributed by atoms with Gasteiger partial charge in [-0.25, -0.2) is 9.37 Å². The van der Waals surface area contributed by atoms with Gasteiger partial charge in [0.1, 0.15) is 11.6 Å². The first-order valence-corrected chi connectivity index (χ1v) is 8.60. The van der Waals surface area contributed by atoms with Crippen molar-refractivity contribution in [1.82, 2.24) is 4.98 Å². The van der Waals surface area contributed by atoms with Gasteiger partial charge in [0.2, 0.25) is 0 Å². The van der Waals surface area contributed by atoms with E-state index in [1.165, 1.54) is 23.5 Å². The van der Waals surface area contributed by atoms with E-state index in [2.05, 4.69) is 10.3 Å². The van der Waals surface area contributed by atoms with E-state index >= 15 is 0 Å². The first kappa shape index (κ1) is 17.1. The Morgan fingerprint density at radius 1 is 1.20 bits per heavy atom. The molecule has 0 saturated heterocycles. The fraction of sp³-hybridized carbons (Fsp3) is 0.158. The van der Waals surface area contributed by atoms with Crippen LogP contribution in [-0.4, -0.2) is 17.5 Å². The van der Waals surface area contributed by atoms with Gasteiger partial charge in [-0.05, 0) is 55.3 Å². The maximum absolute atomic E-state index is 13.0. The molecule has 0 spiro atoms. The van der Waals surface area contributed by atoms with Gasteiger partial charge >= 0.3 is 0 Å². The van der Waals surface area contributed by atoms with Crippen LogP contribution in [0.2, 0.25) is 0 Å². The molecule has 6 heteroatoms.